The lowest BCUT2D eigenvalue weighted by Crippen LogP contribution is -2.58. The van der Waals surface area contributed by atoms with Crippen LogP contribution in [0, 0.1) is 0 Å². The Morgan fingerprint density at radius 2 is 2.23 bits per heavy atom. The number of phenols is 1. The zero-order valence-corrected chi connectivity index (χ0v) is 12.5. The number of hydrogen-bond acceptors (Lipinski definition) is 4. The van der Waals surface area contributed by atoms with Crippen molar-refractivity contribution in [2.45, 2.75) is 30.4 Å². The van der Waals surface area contributed by atoms with E-state index in [1.54, 1.807) is 6.07 Å². The van der Waals surface area contributed by atoms with Crippen LogP contribution in [0.4, 0.5) is 0 Å². The fraction of sp³-hybridized carbons (Fsp3) is 0.444. The quantitative estimate of drug-likeness (QED) is 0.825. The third-order valence-electron chi connectivity index (χ3n) is 6.03. The highest BCUT2D eigenvalue weighted by atomic mass is 16.5. The van der Waals surface area contributed by atoms with Crippen molar-refractivity contribution in [3.05, 3.63) is 46.6 Å². The second-order valence-electron chi connectivity index (χ2n) is 6.89. The van der Waals surface area contributed by atoms with Gasteiger partial charge in [-0.25, -0.2) is 0 Å². The van der Waals surface area contributed by atoms with Crippen LogP contribution in [0.25, 0.3) is 0 Å². The van der Waals surface area contributed by atoms with Crippen LogP contribution < -0.4 is 4.74 Å². The average Bonchev–Trinajstić information content (AvgIpc) is 2.88. The molecule has 5 rings (SSSR count). The number of phenolic OH excluding ortho intramolecular Hbond substituents is 1. The summed E-state index contributed by atoms with van der Waals surface area (Å²) in [4.78, 5) is 2.42. The van der Waals surface area contributed by atoms with E-state index in [9.17, 15) is 10.2 Å². The van der Waals surface area contributed by atoms with Crippen LogP contribution >= 0.6 is 0 Å². The number of hydrogen-bond donors (Lipinski definition) is 2. The number of aliphatic hydroxyl groups excluding tert-OH is 1. The minimum absolute atomic E-state index is 0.000780. The van der Waals surface area contributed by atoms with Gasteiger partial charge in [0.2, 0.25) is 0 Å². The molecule has 2 N–H and O–H groups in total. The van der Waals surface area contributed by atoms with Crippen molar-refractivity contribution in [1.82, 2.24) is 4.90 Å². The minimum Gasteiger partial charge on any atom is -0.504 e. The van der Waals surface area contributed by atoms with Gasteiger partial charge in [-0.2, -0.15) is 0 Å². The van der Waals surface area contributed by atoms with E-state index >= 15 is 0 Å². The van der Waals surface area contributed by atoms with Crippen LogP contribution in [-0.2, 0) is 11.8 Å². The van der Waals surface area contributed by atoms with Gasteiger partial charge in [-0.3, -0.25) is 4.90 Å². The summed E-state index contributed by atoms with van der Waals surface area (Å²) in [5, 5.41) is 20.0. The first-order chi connectivity index (χ1) is 10.7. The number of benzene rings is 1. The van der Waals surface area contributed by atoms with Gasteiger partial charge in [-0.05, 0) is 49.2 Å². The maximum Gasteiger partial charge on any atom is 0.166 e. The lowest BCUT2D eigenvalue weighted by Gasteiger charge is -2.53. The predicted molar refractivity (Wildman–Crippen MR) is 82.2 cm³/mol. The first-order valence-corrected chi connectivity index (χ1v) is 7.91. The first kappa shape index (κ1) is 12.7. The summed E-state index contributed by atoms with van der Waals surface area (Å²) < 4.78 is 6.21. The summed E-state index contributed by atoms with van der Waals surface area (Å²) in [5.74, 6) is 0.856. The molecule has 0 radical (unpaired) electrons. The molecule has 114 valence electrons. The van der Waals surface area contributed by atoms with E-state index in [-0.39, 0.29) is 23.9 Å². The molecule has 3 atom stereocenters. The fourth-order valence-corrected chi connectivity index (χ4v) is 5.03. The van der Waals surface area contributed by atoms with Crippen molar-refractivity contribution in [1.29, 1.82) is 0 Å². The summed E-state index contributed by atoms with van der Waals surface area (Å²) in [6.07, 6.45) is 5.96. The lowest BCUT2D eigenvalue weighted by molar-refractivity contribution is 0.104. The van der Waals surface area contributed by atoms with Crippen LogP contribution in [0.15, 0.2) is 35.4 Å². The number of aliphatic hydroxyl groups is 1. The highest BCUT2D eigenvalue weighted by Gasteiger charge is 2.61. The minimum atomic E-state index is -0.189. The van der Waals surface area contributed by atoms with E-state index in [1.165, 1.54) is 16.7 Å². The molecule has 2 heterocycles. The smallest absolute Gasteiger partial charge is 0.166 e. The summed E-state index contributed by atoms with van der Waals surface area (Å²) in [5.41, 5.74) is 4.57. The van der Waals surface area contributed by atoms with E-state index in [0.29, 0.717) is 11.8 Å². The van der Waals surface area contributed by atoms with E-state index in [4.69, 9.17) is 4.74 Å². The van der Waals surface area contributed by atoms with Crippen LogP contribution in [0.5, 0.6) is 11.5 Å². The molecule has 1 aromatic carbocycles. The largest absolute Gasteiger partial charge is 0.504 e. The van der Waals surface area contributed by atoms with Gasteiger partial charge < -0.3 is 14.9 Å². The van der Waals surface area contributed by atoms with E-state index < -0.39 is 0 Å². The van der Waals surface area contributed by atoms with Crippen molar-refractivity contribution in [3.63, 3.8) is 0 Å². The van der Waals surface area contributed by atoms with Crippen LogP contribution in [0.2, 0.25) is 0 Å². The van der Waals surface area contributed by atoms with Crippen molar-refractivity contribution in [2.75, 3.05) is 20.2 Å². The Balaban J connectivity index is 1.86. The molecular formula is C18H19NO3. The molecular weight excluding hydrogens is 278 g/mol. The summed E-state index contributed by atoms with van der Waals surface area (Å²) >= 11 is 0. The van der Waals surface area contributed by atoms with Crippen LogP contribution in [-0.4, -0.2) is 47.5 Å². The average molecular weight is 297 g/mol. The Morgan fingerprint density at radius 1 is 1.36 bits per heavy atom. The maximum absolute atomic E-state index is 10.3. The molecule has 1 spiro atoms. The van der Waals surface area contributed by atoms with E-state index in [2.05, 4.69) is 18.0 Å². The summed E-state index contributed by atoms with van der Waals surface area (Å²) in [6.45, 7) is 1.01. The molecule has 2 aliphatic carbocycles. The molecule has 1 saturated heterocycles. The third kappa shape index (κ3) is 1.23. The van der Waals surface area contributed by atoms with Crippen molar-refractivity contribution >= 4 is 0 Å². The third-order valence-corrected chi connectivity index (χ3v) is 6.03. The SMILES string of the molecule is CN1CCC23C4=CC=C(CO)C2Oc2c(O)ccc(c23)CC41. The fourth-order valence-electron chi connectivity index (χ4n) is 5.03. The van der Waals surface area contributed by atoms with Crippen LogP contribution in [0.1, 0.15) is 17.5 Å². The highest BCUT2D eigenvalue weighted by Crippen LogP contribution is 2.62. The van der Waals surface area contributed by atoms with Gasteiger partial charge >= 0.3 is 0 Å². The molecule has 0 saturated carbocycles. The molecule has 2 bridgehead atoms. The molecule has 22 heavy (non-hydrogen) atoms. The molecule has 0 amide bonds. The Kier molecular flexibility index (Phi) is 2.28. The molecule has 4 nitrogen and oxygen atoms in total. The van der Waals surface area contributed by atoms with Gasteiger partial charge in [0, 0.05) is 11.6 Å². The van der Waals surface area contributed by atoms with Crippen molar-refractivity contribution < 1.29 is 14.9 Å². The molecule has 2 aliphatic heterocycles. The number of aromatic hydroxyl groups is 1. The van der Waals surface area contributed by atoms with Gasteiger partial charge in [0.15, 0.2) is 11.5 Å². The topological polar surface area (TPSA) is 52.9 Å². The molecule has 3 unspecified atom stereocenters. The van der Waals surface area contributed by atoms with Crippen LogP contribution in [0.3, 0.4) is 0 Å². The molecule has 4 heteroatoms. The number of likely N-dealkylation sites (tertiary alicyclic amines) is 1. The number of likely N-dealkylation sites (N-methyl/N-ethyl adjacent to an activating group) is 1. The Labute approximate surface area is 129 Å². The number of ether oxygens (including phenoxy) is 1. The first-order valence-electron chi connectivity index (χ1n) is 7.91. The number of nitrogens with zero attached hydrogens (tertiary/aromatic N) is 1. The number of rotatable bonds is 1. The number of piperidine rings is 1. The maximum atomic E-state index is 10.3. The van der Waals surface area contributed by atoms with Gasteiger partial charge in [0.1, 0.15) is 6.10 Å². The van der Waals surface area contributed by atoms with Crippen molar-refractivity contribution in [2.24, 2.45) is 0 Å². The Morgan fingerprint density at radius 3 is 3.05 bits per heavy atom. The van der Waals surface area contributed by atoms with Gasteiger partial charge in [-0.1, -0.05) is 18.2 Å². The standard InChI is InChI=1S/C18H19NO3/c1-19-7-6-18-12-4-2-11(9-20)17(18)22-16-14(21)5-3-10(15(16)18)8-13(12)19/h2-5,13,17,20-21H,6-9H2,1H3. The van der Waals surface area contributed by atoms with Gasteiger partial charge in [0.05, 0.1) is 12.0 Å². The molecule has 4 aliphatic rings. The zero-order chi connectivity index (χ0) is 15.1. The second kappa shape index (κ2) is 3.94. The van der Waals surface area contributed by atoms with E-state index in [0.717, 1.165) is 25.0 Å². The van der Waals surface area contributed by atoms with Gasteiger partial charge in [-0.15, -0.1) is 0 Å². The predicted octanol–water partition coefficient (Wildman–Crippen LogP) is 1.51. The lowest BCUT2D eigenvalue weighted by atomic mass is 9.56. The normalized spacial score (nSPS) is 34.6. The second-order valence-corrected chi connectivity index (χ2v) is 6.89. The summed E-state index contributed by atoms with van der Waals surface area (Å²) in [7, 11) is 2.18. The van der Waals surface area contributed by atoms with E-state index in [1.807, 2.05) is 12.1 Å². The highest BCUT2D eigenvalue weighted by molar-refractivity contribution is 5.67. The number of allylic oxidation sites excluding steroid dienone is 2. The Bertz CT molecular complexity index is 751. The molecule has 0 aromatic heterocycles. The monoisotopic (exact) mass is 297 g/mol. The zero-order valence-electron chi connectivity index (χ0n) is 12.5. The van der Waals surface area contributed by atoms with Gasteiger partial charge in [0.25, 0.3) is 0 Å². The molecule has 1 aromatic rings. The van der Waals surface area contributed by atoms with Crippen molar-refractivity contribution in [3.8, 4) is 11.5 Å². The summed E-state index contributed by atoms with van der Waals surface area (Å²) in [6, 6.07) is 4.18. The Hall–Kier alpha value is -1.78. The molecule has 1 fully saturated rings.